The minimum atomic E-state index is -4.22. The highest BCUT2D eigenvalue weighted by molar-refractivity contribution is 9.10. The van der Waals surface area contributed by atoms with Crippen LogP contribution in [0.25, 0.3) is 0 Å². The van der Waals surface area contributed by atoms with E-state index in [1.165, 1.54) is 0 Å². The number of nitrogens with zero attached hydrogens (tertiary/aromatic N) is 1. The number of alkyl halides is 3. The van der Waals surface area contributed by atoms with Crippen molar-refractivity contribution in [2.75, 3.05) is 13.1 Å². The fourth-order valence-corrected chi connectivity index (χ4v) is 2.69. The van der Waals surface area contributed by atoms with Crippen molar-refractivity contribution in [3.63, 3.8) is 0 Å². The summed E-state index contributed by atoms with van der Waals surface area (Å²) in [7, 11) is 0. The van der Waals surface area contributed by atoms with Crippen molar-refractivity contribution in [3.05, 3.63) is 34.3 Å². The molecule has 18 heavy (non-hydrogen) atoms. The summed E-state index contributed by atoms with van der Waals surface area (Å²) < 4.78 is 40.5. The van der Waals surface area contributed by atoms with E-state index in [2.05, 4.69) is 15.9 Å². The minimum absolute atomic E-state index is 0.326. The van der Waals surface area contributed by atoms with E-state index < -0.39 is 12.2 Å². The van der Waals surface area contributed by atoms with Gasteiger partial charge in [-0.05, 0) is 43.6 Å². The van der Waals surface area contributed by atoms with Crippen LogP contribution in [0, 0.1) is 0 Å². The van der Waals surface area contributed by atoms with Gasteiger partial charge < -0.3 is 0 Å². The maximum absolute atomic E-state index is 13.2. The molecule has 0 radical (unpaired) electrons. The van der Waals surface area contributed by atoms with E-state index in [0.717, 1.165) is 23.7 Å². The third-order valence-electron chi connectivity index (χ3n) is 3.25. The molecule has 1 aliphatic heterocycles. The molecule has 1 saturated heterocycles. The summed E-state index contributed by atoms with van der Waals surface area (Å²) in [5.41, 5.74) is 0.326. The van der Waals surface area contributed by atoms with Gasteiger partial charge in [0.25, 0.3) is 0 Å². The molecule has 100 valence electrons. The molecule has 0 amide bonds. The summed E-state index contributed by atoms with van der Waals surface area (Å²) in [6, 6.07) is 4.97. The molecule has 0 aliphatic carbocycles. The first-order chi connectivity index (χ1) is 8.48. The Bertz CT molecular complexity index is 382. The van der Waals surface area contributed by atoms with Gasteiger partial charge in [-0.25, -0.2) is 0 Å². The quantitative estimate of drug-likeness (QED) is 0.773. The minimum Gasteiger partial charge on any atom is -0.289 e. The Kier molecular flexibility index (Phi) is 4.33. The molecule has 5 heteroatoms. The van der Waals surface area contributed by atoms with Crippen LogP contribution >= 0.6 is 15.9 Å². The summed E-state index contributed by atoms with van der Waals surface area (Å²) in [6.45, 7) is 1.06. The molecule has 1 aliphatic rings. The second-order valence-electron chi connectivity index (χ2n) is 4.59. The molecule has 2 rings (SSSR count). The Labute approximate surface area is 113 Å². The van der Waals surface area contributed by atoms with Crippen LogP contribution in [0.4, 0.5) is 13.2 Å². The Morgan fingerprint density at radius 3 is 2.06 bits per heavy atom. The van der Waals surface area contributed by atoms with Crippen molar-refractivity contribution in [1.29, 1.82) is 0 Å². The summed E-state index contributed by atoms with van der Waals surface area (Å²) >= 11 is 3.25. The maximum atomic E-state index is 13.2. The van der Waals surface area contributed by atoms with Gasteiger partial charge in [0.2, 0.25) is 0 Å². The van der Waals surface area contributed by atoms with Gasteiger partial charge in [-0.1, -0.05) is 34.5 Å². The molecule has 1 unspecified atom stereocenters. The lowest BCUT2D eigenvalue weighted by atomic mass is 10.0. The molecule has 1 aromatic carbocycles. The van der Waals surface area contributed by atoms with Crippen molar-refractivity contribution in [2.45, 2.75) is 31.5 Å². The fourth-order valence-electron chi connectivity index (χ4n) is 2.43. The van der Waals surface area contributed by atoms with E-state index in [4.69, 9.17) is 0 Å². The van der Waals surface area contributed by atoms with Crippen molar-refractivity contribution >= 4 is 15.9 Å². The van der Waals surface area contributed by atoms with E-state index in [9.17, 15) is 13.2 Å². The van der Waals surface area contributed by atoms with E-state index in [-0.39, 0.29) is 0 Å². The molecular formula is C13H15BrF3N. The normalized spacial score (nSPS) is 19.8. The standard InChI is InChI=1S/C13H15BrF3N/c14-11-6-4-10(5-7-11)12(13(15,16)17)18-8-2-1-3-9-18/h4-7,12H,1-3,8-9H2. The lowest BCUT2D eigenvalue weighted by Gasteiger charge is -2.35. The van der Waals surface area contributed by atoms with Gasteiger partial charge in [-0.15, -0.1) is 0 Å². The topological polar surface area (TPSA) is 3.24 Å². The number of halogens is 4. The SMILES string of the molecule is FC(F)(F)C(c1ccc(Br)cc1)N1CCCCC1. The highest BCUT2D eigenvalue weighted by atomic mass is 79.9. The van der Waals surface area contributed by atoms with Gasteiger partial charge in [0.15, 0.2) is 0 Å². The molecule has 0 aromatic heterocycles. The summed E-state index contributed by atoms with van der Waals surface area (Å²) in [5, 5.41) is 0. The van der Waals surface area contributed by atoms with Crippen molar-refractivity contribution in [1.82, 2.24) is 4.90 Å². The van der Waals surface area contributed by atoms with Crippen LogP contribution < -0.4 is 0 Å². The molecular weight excluding hydrogens is 307 g/mol. The predicted molar refractivity (Wildman–Crippen MR) is 68.4 cm³/mol. The first-order valence-electron chi connectivity index (χ1n) is 6.05. The largest absolute Gasteiger partial charge is 0.408 e. The van der Waals surface area contributed by atoms with Crippen LogP contribution in [0.2, 0.25) is 0 Å². The first kappa shape index (κ1) is 13.9. The van der Waals surface area contributed by atoms with E-state index in [0.29, 0.717) is 18.7 Å². The van der Waals surface area contributed by atoms with Crippen LogP contribution in [0.5, 0.6) is 0 Å². The third kappa shape index (κ3) is 3.26. The molecule has 1 fully saturated rings. The third-order valence-corrected chi connectivity index (χ3v) is 3.78. The van der Waals surface area contributed by atoms with Crippen molar-refractivity contribution in [2.24, 2.45) is 0 Å². The number of hydrogen-bond acceptors (Lipinski definition) is 1. The molecule has 1 heterocycles. The Balaban J connectivity index is 2.27. The Hall–Kier alpha value is -0.550. The Morgan fingerprint density at radius 2 is 1.56 bits per heavy atom. The van der Waals surface area contributed by atoms with Crippen LogP contribution in [0.15, 0.2) is 28.7 Å². The Morgan fingerprint density at radius 1 is 1.00 bits per heavy atom. The zero-order valence-electron chi connectivity index (χ0n) is 9.88. The van der Waals surface area contributed by atoms with Gasteiger partial charge in [-0.2, -0.15) is 13.2 Å². The number of likely N-dealkylation sites (tertiary alicyclic amines) is 1. The number of benzene rings is 1. The van der Waals surface area contributed by atoms with Gasteiger partial charge in [0, 0.05) is 4.47 Å². The van der Waals surface area contributed by atoms with Gasteiger partial charge >= 0.3 is 6.18 Å². The van der Waals surface area contributed by atoms with Crippen molar-refractivity contribution < 1.29 is 13.2 Å². The van der Waals surface area contributed by atoms with Crippen molar-refractivity contribution in [3.8, 4) is 0 Å². The van der Waals surface area contributed by atoms with E-state index in [1.54, 1.807) is 29.2 Å². The lowest BCUT2D eigenvalue weighted by molar-refractivity contribution is -0.188. The van der Waals surface area contributed by atoms with Gasteiger partial charge in [0.05, 0.1) is 0 Å². The second-order valence-corrected chi connectivity index (χ2v) is 5.51. The maximum Gasteiger partial charge on any atom is 0.408 e. The zero-order chi connectivity index (χ0) is 13.2. The van der Waals surface area contributed by atoms with Crippen LogP contribution in [0.3, 0.4) is 0 Å². The number of rotatable bonds is 2. The molecule has 0 spiro atoms. The smallest absolute Gasteiger partial charge is 0.289 e. The van der Waals surface area contributed by atoms with E-state index >= 15 is 0 Å². The summed E-state index contributed by atoms with van der Waals surface area (Å²) in [5.74, 6) is 0. The lowest BCUT2D eigenvalue weighted by Crippen LogP contribution is -2.41. The highest BCUT2D eigenvalue weighted by Gasteiger charge is 2.44. The molecule has 0 saturated carbocycles. The van der Waals surface area contributed by atoms with Gasteiger partial charge in [-0.3, -0.25) is 4.90 Å². The van der Waals surface area contributed by atoms with Gasteiger partial charge in [0.1, 0.15) is 6.04 Å². The van der Waals surface area contributed by atoms with Crippen LogP contribution in [-0.4, -0.2) is 24.2 Å². The highest BCUT2D eigenvalue weighted by Crippen LogP contribution is 2.39. The first-order valence-corrected chi connectivity index (χ1v) is 6.84. The molecule has 1 atom stereocenters. The van der Waals surface area contributed by atoms with E-state index in [1.807, 2.05) is 0 Å². The number of piperidine rings is 1. The van der Waals surface area contributed by atoms with Crippen LogP contribution in [-0.2, 0) is 0 Å². The monoisotopic (exact) mass is 321 g/mol. The molecule has 0 N–H and O–H groups in total. The molecule has 1 aromatic rings. The predicted octanol–water partition coefficient (Wildman–Crippen LogP) is 4.54. The summed E-state index contributed by atoms with van der Waals surface area (Å²) in [6.07, 6.45) is -1.49. The zero-order valence-corrected chi connectivity index (χ0v) is 11.5. The van der Waals surface area contributed by atoms with Crippen LogP contribution in [0.1, 0.15) is 30.9 Å². The number of hydrogen-bond donors (Lipinski definition) is 0. The summed E-state index contributed by atoms with van der Waals surface area (Å²) in [4.78, 5) is 1.55. The molecule has 0 bridgehead atoms. The second kappa shape index (κ2) is 5.61. The molecule has 1 nitrogen and oxygen atoms in total. The average Bonchev–Trinajstić information content (AvgIpc) is 2.32. The fraction of sp³-hybridized carbons (Fsp3) is 0.538. The average molecular weight is 322 g/mol.